The van der Waals surface area contributed by atoms with E-state index in [0.29, 0.717) is 41.4 Å². The number of phenolic OH excluding ortho intramolecular Hbond substituents is 1. The van der Waals surface area contributed by atoms with Gasteiger partial charge in [0.25, 0.3) is 0 Å². The molecule has 1 aromatic rings. The molecule has 4 atom stereocenters. The number of alkyl halides is 1. The minimum Gasteiger partial charge on any atom is -0.508 e. The summed E-state index contributed by atoms with van der Waals surface area (Å²) in [6.07, 6.45) is 4.88. The van der Waals surface area contributed by atoms with Crippen molar-refractivity contribution in [2.75, 3.05) is 5.33 Å². The van der Waals surface area contributed by atoms with Crippen LogP contribution in [0.2, 0.25) is 0 Å². The lowest BCUT2D eigenvalue weighted by Crippen LogP contribution is -2.42. The Kier molecular flexibility index (Phi) is 5.38. The molecule has 0 bridgehead atoms. The Morgan fingerprint density at radius 2 is 2.16 bits per heavy atom. The summed E-state index contributed by atoms with van der Waals surface area (Å²) < 4.78 is 0. The van der Waals surface area contributed by atoms with E-state index >= 15 is 0 Å². The third-order valence-electron chi connectivity index (χ3n) is 6.53. The fourth-order valence-corrected chi connectivity index (χ4v) is 5.79. The highest BCUT2D eigenvalue weighted by atomic mass is 79.9. The number of aryl methyl sites for hydroxylation is 2. The lowest BCUT2D eigenvalue weighted by Gasteiger charge is -2.43. The average Bonchev–Trinajstić information content (AvgIpc) is 2.91. The Morgan fingerprint density at radius 3 is 2.88 bits per heavy atom. The maximum absolute atomic E-state index is 12.4. The number of carbonyl (C=O) groups is 2. The molecule has 4 unspecified atom stereocenters. The number of rotatable bonds is 5. The van der Waals surface area contributed by atoms with Crippen molar-refractivity contribution < 1.29 is 14.7 Å². The van der Waals surface area contributed by atoms with Gasteiger partial charge in [-0.2, -0.15) is 0 Å². The molecule has 3 nitrogen and oxygen atoms in total. The van der Waals surface area contributed by atoms with Crippen LogP contribution in [0.1, 0.15) is 50.2 Å². The number of carbonyl (C=O) groups excluding carboxylic acids is 2. The second-order valence-electron chi connectivity index (χ2n) is 8.25. The Bertz CT molecular complexity index is 684. The van der Waals surface area contributed by atoms with Crippen LogP contribution in [-0.4, -0.2) is 22.0 Å². The van der Waals surface area contributed by atoms with Crippen molar-refractivity contribution in [2.24, 2.45) is 23.2 Å². The molecule has 2 fully saturated rings. The molecule has 25 heavy (non-hydrogen) atoms. The number of ketones is 2. The number of phenols is 1. The summed E-state index contributed by atoms with van der Waals surface area (Å²) in [6.45, 7) is 4.26. The highest BCUT2D eigenvalue weighted by molar-refractivity contribution is 9.09. The van der Waals surface area contributed by atoms with Gasteiger partial charge in [0.2, 0.25) is 0 Å². The normalized spacial score (nSPS) is 31.8. The van der Waals surface area contributed by atoms with E-state index < -0.39 is 0 Å². The second kappa shape index (κ2) is 7.22. The van der Waals surface area contributed by atoms with E-state index in [9.17, 15) is 14.7 Å². The molecule has 2 saturated carbocycles. The second-order valence-corrected chi connectivity index (χ2v) is 8.81. The largest absolute Gasteiger partial charge is 0.508 e. The number of aromatic hydroxyl groups is 1. The summed E-state index contributed by atoms with van der Waals surface area (Å²) >= 11 is 3.34. The van der Waals surface area contributed by atoms with Crippen molar-refractivity contribution >= 4 is 27.5 Å². The van der Waals surface area contributed by atoms with Gasteiger partial charge in [0.1, 0.15) is 17.3 Å². The van der Waals surface area contributed by atoms with E-state index in [0.717, 1.165) is 31.2 Å². The summed E-state index contributed by atoms with van der Waals surface area (Å²) in [7, 11) is 0. The molecule has 1 aromatic carbocycles. The number of hydrogen-bond acceptors (Lipinski definition) is 3. The van der Waals surface area contributed by atoms with E-state index in [1.165, 1.54) is 5.56 Å². The standard InChI is InChI=1S/C21H27BrO3/c1-13-3-6-16(23)9-14(13)4-5-15-10-17(24)11-21(2)8-7-18(20(15)21)19(25)12-22/h3,6,9,15,18,20,23H,4-5,7-8,10-12H2,1-2H3. The first kappa shape index (κ1) is 18.6. The van der Waals surface area contributed by atoms with Crippen molar-refractivity contribution in [2.45, 2.75) is 52.4 Å². The lowest BCUT2D eigenvalue weighted by molar-refractivity contribution is -0.132. The van der Waals surface area contributed by atoms with Crippen LogP contribution in [0, 0.1) is 30.1 Å². The van der Waals surface area contributed by atoms with Gasteiger partial charge in [-0.15, -0.1) is 0 Å². The first-order valence-electron chi connectivity index (χ1n) is 9.23. The zero-order chi connectivity index (χ0) is 18.2. The van der Waals surface area contributed by atoms with Crippen molar-refractivity contribution in [3.63, 3.8) is 0 Å². The number of halogens is 1. The van der Waals surface area contributed by atoms with Gasteiger partial charge in [-0.3, -0.25) is 9.59 Å². The van der Waals surface area contributed by atoms with Gasteiger partial charge in [0, 0.05) is 18.8 Å². The van der Waals surface area contributed by atoms with Gasteiger partial charge in [-0.25, -0.2) is 0 Å². The summed E-state index contributed by atoms with van der Waals surface area (Å²) in [5.74, 6) is 1.60. The third-order valence-corrected chi connectivity index (χ3v) is 7.08. The van der Waals surface area contributed by atoms with Crippen LogP contribution < -0.4 is 0 Å². The summed E-state index contributed by atoms with van der Waals surface area (Å²) in [4.78, 5) is 24.8. The van der Waals surface area contributed by atoms with Gasteiger partial charge in [-0.05, 0) is 73.1 Å². The molecule has 4 heteroatoms. The van der Waals surface area contributed by atoms with E-state index in [4.69, 9.17) is 0 Å². The molecule has 0 spiro atoms. The van der Waals surface area contributed by atoms with Crippen LogP contribution in [0.25, 0.3) is 0 Å². The van der Waals surface area contributed by atoms with Crippen molar-refractivity contribution in [1.82, 2.24) is 0 Å². The minimum atomic E-state index is -0.0175. The fraction of sp³-hybridized carbons (Fsp3) is 0.619. The molecule has 0 radical (unpaired) electrons. The monoisotopic (exact) mass is 406 g/mol. The Hall–Kier alpha value is -1.16. The molecule has 2 aliphatic carbocycles. The van der Waals surface area contributed by atoms with Crippen molar-refractivity contribution in [3.8, 4) is 5.75 Å². The van der Waals surface area contributed by atoms with Gasteiger partial charge in [0.15, 0.2) is 0 Å². The van der Waals surface area contributed by atoms with Crippen LogP contribution in [-0.2, 0) is 16.0 Å². The zero-order valence-electron chi connectivity index (χ0n) is 15.1. The molecule has 0 aromatic heterocycles. The van der Waals surface area contributed by atoms with Crippen molar-refractivity contribution in [3.05, 3.63) is 29.3 Å². The molecule has 3 rings (SSSR count). The van der Waals surface area contributed by atoms with Gasteiger partial charge in [-0.1, -0.05) is 28.9 Å². The molecule has 0 saturated heterocycles. The average molecular weight is 407 g/mol. The van der Waals surface area contributed by atoms with Gasteiger partial charge >= 0.3 is 0 Å². The molecular formula is C21H27BrO3. The van der Waals surface area contributed by atoms with Gasteiger partial charge in [0.05, 0.1) is 5.33 Å². The molecule has 0 heterocycles. The lowest BCUT2D eigenvalue weighted by atomic mass is 9.60. The topological polar surface area (TPSA) is 54.4 Å². The maximum Gasteiger partial charge on any atom is 0.146 e. The van der Waals surface area contributed by atoms with E-state index in [1.807, 2.05) is 12.1 Å². The van der Waals surface area contributed by atoms with Crippen LogP contribution in [0.5, 0.6) is 5.75 Å². The third kappa shape index (κ3) is 3.69. The van der Waals surface area contributed by atoms with Crippen LogP contribution in [0.15, 0.2) is 18.2 Å². The highest BCUT2D eigenvalue weighted by Gasteiger charge is 2.54. The summed E-state index contributed by atoms with van der Waals surface area (Å²) in [5.41, 5.74) is 2.29. The molecule has 0 aliphatic heterocycles. The number of hydrogen-bond donors (Lipinski definition) is 1. The minimum absolute atomic E-state index is 0.0175. The Morgan fingerprint density at radius 1 is 1.40 bits per heavy atom. The molecule has 136 valence electrons. The summed E-state index contributed by atoms with van der Waals surface area (Å²) in [5, 5.41) is 10.2. The first-order chi connectivity index (χ1) is 11.8. The van der Waals surface area contributed by atoms with Crippen LogP contribution in [0.3, 0.4) is 0 Å². The van der Waals surface area contributed by atoms with Crippen LogP contribution >= 0.6 is 15.9 Å². The maximum atomic E-state index is 12.4. The van der Waals surface area contributed by atoms with E-state index in [-0.39, 0.29) is 17.3 Å². The molecule has 1 N–H and O–H groups in total. The predicted molar refractivity (Wildman–Crippen MR) is 102 cm³/mol. The Labute approximate surface area is 158 Å². The van der Waals surface area contributed by atoms with Gasteiger partial charge < -0.3 is 5.11 Å². The Balaban J connectivity index is 1.81. The quantitative estimate of drug-likeness (QED) is 0.726. The molecule has 2 aliphatic rings. The number of benzene rings is 1. The SMILES string of the molecule is Cc1ccc(O)cc1CCC1CC(=O)CC2(C)CCC(C(=O)CBr)C12. The first-order valence-corrected chi connectivity index (χ1v) is 10.3. The molecule has 0 amide bonds. The van der Waals surface area contributed by atoms with Crippen LogP contribution in [0.4, 0.5) is 0 Å². The smallest absolute Gasteiger partial charge is 0.146 e. The predicted octanol–water partition coefficient (Wildman–Crippen LogP) is 4.61. The zero-order valence-corrected chi connectivity index (χ0v) is 16.6. The van der Waals surface area contributed by atoms with E-state index in [1.54, 1.807) is 6.07 Å². The summed E-state index contributed by atoms with van der Waals surface area (Å²) in [6, 6.07) is 5.48. The highest BCUT2D eigenvalue weighted by Crippen LogP contribution is 2.57. The fourth-order valence-electron chi connectivity index (χ4n) is 5.37. The van der Waals surface area contributed by atoms with Crippen molar-refractivity contribution in [1.29, 1.82) is 0 Å². The van der Waals surface area contributed by atoms with E-state index in [2.05, 4.69) is 29.8 Å². The molecular weight excluding hydrogens is 380 g/mol. The number of Topliss-reactive ketones (excluding diaryl/α,β-unsaturated/α-hetero) is 2. The number of fused-ring (bicyclic) bond motifs is 1.